The number of para-hydroxylation sites is 2. The minimum absolute atomic E-state index is 0.0520. The van der Waals surface area contributed by atoms with Crippen LogP contribution in [-0.2, 0) is 4.79 Å². The summed E-state index contributed by atoms with van der Waals surface area (Å²) in [5, 5.41) is 2.68. The molecule has 40 heavy (non-hydrogen) atoms. The first-order valence-electron chi connectivity index (χ1n) is 12.8. The first kappa shape index (κ1) is 28.7. The summed E-state index contributed by atoms with van der Waals surface area (Å²) in [6, 6.07) is 11.3. The van der Waals surface area contributed by atoms with Gasteiger partial charge < -0.3 is 24.8 Å². The van der Waals surface area contributed by atoms with Crippen LogP contribution in [-0.4, -0.2) is 75.3 Å². The van der Waals surface area contributed by atoms with E-state index in [1.165, 1.54) is 24.3 Å². The molecule has 1 aliphatic heterocycles. The molecule has 2 N–H and O–H groups in total. The number of ether oxygens (including phenoxy) is 1. The fraction of sp³-hybridized carbons (Fsp3) is 0.393. The molecule has 4 rings (SSSR count). The summed E-state index contributed by atoms with van der Waals surface area (Å²) in [6.45, 7) is 4.88. The van der Waals surface area contributed by atoms with E-state index in [1.807, 2.05) is 13.8 Å². The summed E-state index contributed by atoms with van der Waals surface area (Å²) in [4.78, 5) is 62.4. The topological polar surface area (TPSA) is 125 Å². The molecule has 1 aliphatic rings. The highest BCUT2D eigenvalue weighted by Gasteiger charge is 2.41. The summed E-state index contributed by atoms with van der Waals surface area (Å²) >= 11 is 0. The van der Waals surface area contributed by atoms with Gasteiger partial charge in [-0.1, -0.05) is 26.0 Å². The van der Waals surface area contributed by atoms with Gasteiger partial charge in [-0.05, 0) is 56.2 Å². The zero-order valence-corrected chi connectivity index (χ0v) is 22.6. The molecule has 2 heterocycles. The first-order valence-corrected chi connectivity index (χ1v) is 12.8. The Labute approximate surface area is 229 Å². The number of rotatable bonds is 7. The average molecular weight is 556 g/mol. The molecule has 0 unspecified atom stereocenters. The SMILES string of the molecule is CC(C)[C@H](NC(=O)c1nc2ccccc2[nH]c1=O)C(=O)N1CCN(C(=O)c2ccc(OC(F)F)cc2)C(C)(C)C1. The molecule has 0 aliphatic carbocycles. The maximum atomic E-state index is 13.6. The summed E-state index contributed by atoms with van der Waals surface area (Å²) in [7, 11) is 0. The lowest BCUT2D eigenvalue weighted by Crippen LogP contribution is -2.64. The van der Waals surface area contributed by atoms with E-state index >= 15 is 0 Å². The Kier molecular flexibility index (Phi) is 8.17. The summed E-state index contributed by atoms with van der Waals surface area (Å²) < 4.78 is 29.2. The van der Waals surface area contributed by atoms with E-state index in [2.05, 4.69) is 20.0 Å². The van der Waals surface area contributed by atoms with Gasteiger partial charge in [0.15, 0.2) is 5.69 Å². The Morgan fingerprint density at radius 2 is 1.73 bits per heavy atom. The van der Waals surface area contributed by atoms with Crippen LogP contribution in [0.15, 0.2) is 53.3 Å². The predicted molar refractivity (Wildman–Crippen MR) is 143 cm³/mol. The van der Waals surface area contributed by atoms with Gasteiger partial charge in [-0.2, -0.15) is 8.78 Å². The highest BCUT2D eigenvalue weighted by Crippen LogP contribution is 2.25. The molecule has 12 heteroatoms. The first-order chi connectivity index (χ1) is 18.9. The molecule has 3 aromatic rings. The van der Waals surface area contributed by atoms with Crippen LogP contribution in [0, 0.1) is 5.92 Å². The maximum absolute atomic E-state index is 13.6. The molecule has 3 amide bonds. The molecule has 0 spiro atoms. The quantitative estimate of drug-likeness (QED) is 0.462. The molecule has 0 radical (unpaired) electrons. The van der Waals surface area contributed by atoms with Crippen molar-refractivity contribution in [3.8, 4) is 5.75 Å². The van der Waals surface area contributed by atoms with Crippen LogP contribution in [0.3, 0.4) is 0 Å². The third-order valence-electron chi connectivity index (χ3n) is 6.82. The molecule has 1 atom stereocenters. The lowest BCUT2D eigenvalue weighted by atomic mass is 9.95. The number of carbonyl (C=O) groups excluding carboxylic acids is 3. The van der Waals surface area contributed by atoms with Gasteiger partial charge >= 0.3 is 6.61 Å². The van der Waals surface area contributed by atoms with Crippen molar-refractivity contribution in [2.24, 2.45) is 5.92 Å². The van der Waals surface area contributed by atoms with Crippen molar-refractivity contribution in [3.05, 3.63) is 70.1 Å². The van der Waals surface area contributed by atoms with E-state index in [4.69, 9.17) is 0 Å². The molecule has 1 aromatic heterocycles. The van der Waals surface area contributed by atoms with E-state index in [0.29, 0.717) is 16.6 Å². The number of amides is 3. The average Bonchev–Trinajstić information content (AvgIpc) is 2.89. The number of nitrogens with one attached hydrogen (secondary N) is 2. The van der Waals surface area contributed by atoms with Crippen LogP contribution in [0.25, 0.3) is 11.0 Å². The van der Waals surface area contributed by atoms with Crippen molar-refractivity contribution in [3.63, 3.8) is 0 Å². The molecule has 1 saturated heterocycles. The second-order valence-corrected chi connectivity index (χ2v) is 10.6. The molecular formula is C28H31F2N5O5. The molecule has 212 valence electrons. The standard InChI is InChI=1S/C28H31F2N5O5/c1-16(2)21(33-24(37)22-23(36)32-20-8-6-5-7-19(20)31-22)26(39)34-13-14-35(28(3,4)15-34)25(38)17-9-11-18(12-10-17)40-27(29)30/h5-12,16,21,27H,13-15H2,1-4H3,(H,32,36)(H,33,37)/t21-/m0/s1. The Morgan fingerprint density at radius 3 is 2.35 bits per heavy atom. The number of alkyl halides is 2. The van der Waals surface area contributed by atoms with Crippen LogP contribution < -0.4 is 15.6 Å². The smallest absolute Gasteiger partial charge is 0.387 e. The fourth-order valence-corrected chi connectivity index (χ4v) is 4.76. The third-order valence-corrected chi connectivity index (χ3v) is 6.82. The highest BCUT2D eigenvalue weighted by atomic mass is 19.3. The summed E-state index contributed by atoms with van der Waals surface area (Å²) in [5.74, 6) is -1.76. The zero-order valence-electron chi connectivity index (χ0n) is 22.6. The number of hydrogen-bond acceptors (Lipinski definition) is 6. The lowest BCUT2D eigenvalue weighted by Gasteiger charge is -2.48. The monoisotopic (exact) mass is 555 g/mol. The van der Waals surface area contributed by atoms with Gasteiger partial charge in [-0.15, -0.1) is 0 Å². The van der Waals surface area contributed by atoms with Crippen molar-refractivity contribution in [1.82, 2.24) is 25.1 Å². The van der Waals surface area contributed by atoms with Gasteiger partial charge in [0.2, 0.25) is 5.91 Å². The number of nitrogens with zero attached hydrogens (tertiary/aromatic N) is 3. The van der Waals surface area contributed by atoms with E-state index < -0.39 is 29.7 Å². The van der Waals surface area contributed by atoms with Gasteiger partial charge in [0.25, 0.3) is 17.4 Å². The number of aromatic nitrogens is 2. The molecule has 1 fully saturated rings. The Morgan fingerprint density at radius 1 is 1.05 bits per heavy atom. The van der Waals surface area contributed by atoms with E-state index in [9.17, 15) is 28.0 Å². The molecule has 0 bridgehead atoms. The maximum Gasteiger partial charge on any atom is 0.387 e. The minimum Gasteiger partial charge on any atom is -0.435 e. The number of fused-ring (bicyclic) bond motifs is 1. The number of halogens is 2. The largest absolute Gasteiger partial charge is 0.435 e. The Balaban J connectivity index is 1.46. The Bertz CT molecular complexity index is 1470. The zero-order chi connectivity index (χ0) is 29.2. The molecular weight excluding hydrogens is 524 g/mol. The van der Waals surface area contributed by atoms with E-state index in [0.717, 1.165) is 0 Å². The molecule has 2 aromatic carbocycles. The van der Waals surface area contributed by atoms with Crippen molar-refractivity contribution < 1.29 is 27.9 Å². The van der Waals surface area contributed by atoms with Gasteiger partial charge in [0.1, 0.15) is 11.8 Å². The molecule has 10 nitrogen and oxygen atoms in total. The third kappa shape index (κ3) is 6.11. The van der Waals surface area contributed by atoms with Gasteiger partial charge in [-0.25, -0.2) is 4.98 Å². The highest BCUT2D eigenvalue weighted by molar-refractivity contribution is 5.97. The van der Waals surface area contributed by atoms with E-state index in [-0.39, 0.29) is 48.8 Å². The van der Waals surface area contributed by atoms with Crippen molar-refractivity contribution in [2.45, 2.75) is 45.9 Å². The number of hydrogen-bond donors (Lipinski definition) is 2. The number of aromatic amines is 1. The van der Waals surface area contributed by atoms with Crippen LogP contribution in [0.4, 0.5) is 8.78 Å². The second kappa shape index (κ2) is 11.4. The van der Waals surface area contributed by atoms with Gasteiger partial charge in [-0.3, -0.25) is 19.2 Å². The van der Waals surface area contributed by atoms with Crippen LogP contribution in [0.1, 0.15) is 48.5 Å². The van der Waals surface area contributed by atoms with Crippen molar-refractivity contribution in [2.75, 3.05) is 19.6 Å². The predicted octanol–water partition coefficient (Wildman–Crippen LogP) is 3.04. The van der Waals surface area contributed by atoms with Crippen LogP contribution in [0.5, 0.6) is 5.75 Å². The normalized spacial score (nSPS) is 15.8. The van der Waals surface area contributed by atoms with Crippen molar-refractivity contribution in [1.29, 1.82) is 0 Å². The number of piperazine rings is 1. The minimum atomic E-state index is -2.96. The van der Waals surface area contributed by atoms with Crippen LogP contribution >= 0.6 is 0 Å². The van der Waals surface area contributed by atoms with Gasteiger partial charge in [0.05, 0.1) is 16.6 Å². The summed E-state index contributed by atoms with van der Waals surface area (Å²) in [6.07, 6.45) is 0. The van der Waals surface area contributed by atoms with Crippen LogP contribution in [0.2, 0.25) is 0 Å². The number of carbonyl (C=O) groups is 3. The van der Waals surface area contributed by atoms with Gasteiger partial charge in [0, 0.05) is 25.2 Å². The fourth-order valence-electron chi connectivity index (χ4n) is 4.76. The number of H-pyrrole nitrogens is 1. The molecule has 0 saturated carbocycles. The lowest BCUT2D eigenvalue weighted by molar-refractivity contribution is -0.138. The van der Waals surface area contributed by atoms with Crippen molar-refractivity contribution >= 4 is 28.8 Å². The van der Waals surface area contributed by atoms with E-state index in [1.54, 1.807) is 47.9 Å². The second-order valence-electron chi connectivity index (χ2n) is 10.6. The Hall–Kier alpha value is -4.35. The number of benzene rings is 2. The summed E-state index contributed by atoms with van der Waals surface area (Å²) in [5.41, 5.74) is -0.530.